The van der Waals surface area contributed by atoms with Crippen LogP contribution < -0.4 is 5.56 Å². The Morgan fingerprint density at radius 2 is 1.83 bits per heavy atom. The smallest absolute Gasteiger partial charge is 0.261 e. The van der Waals surface area contributed by atoms with Crippen LogP contribution in [0.1, 0.15) is 24.5 Å². The molecule has 0 bridgehead atoms. The second-order valence-electron chi connectivity index (χ2n) is 5.37. The molecule has 1 heterocycles. The summed E-state index contributed by atoms with van der Waals surface area (Å²) < 4.78 is 0. The van der Waals surface area contributed by atoms with Crippen molar-refractivity contribution >= 4 is 16.6 Å². The minimum atomic E-state index is -0.380. The lowest BCUT2D eigenvalue weighted by molar-refractivity contribution is 0.130. The molecule has 0 saturated heterocycles. The molecule has 0 amide bonds. The number of H-pyrrole nitrogens is 1. The average molecular weight is 322 g/mol. The summed E-state index contributed by atoms with van der Waals surface area (Å²) in [5, 5.41) is 15.1. The first-order chi connectivity index (χ1) is 11.7. The number of nitrogens with zero attached hydrogens (tertiary/aromatic N) is 1. The number of pyridine rings is 1. The van der Waals surface area contributed by atoms with E-state index in [-0.39, 0.29) is 16.9 Å². The molecule has 122 valence electrons. The number of para-hydroxylation sites is 1. The Morgan fingerprint density at radius 1 is 1.12 bits per heavy atom. The maximum absolute atomic E-state index is 12.3. The number of rotatable bonds is 5. The predicted molar refractivity (Wildman–Crippen MR) is 94.3 cm³/mol. The first-order valence-corrected chi connectivity index (χ1v) is 7.77. The van der Waals surface area contributed by atoms with Crippen molar-refractivity contribution < 1.29 is 9.94 Å². The number of fused-ring (bicyclic) bond motifs is 1. The van der Waals surface area contributed by atoms with Crippen LogP contribution in [0.15, 0.2) is 64.5 Å². The Balaban J connectivity index is 1.94. The van der Waals surface area contributed by atoms with Gasteiger partial charge in [-0.15, -0.1) is 0 Å². The maximum atomic E-state index is 12.3. The summed E-state index contributed by atoms with van der Waals surface area (Å²) in [7, 11) is 0. The van der Waals surface area contributed by atoms with E-state index in [2.05, 4.69) is 10.1 Å². The van der Waals surface area contributed by atoms with Crippen LogP contribution in [0.5, 0.6) is 5.75 Å². The number of aromatic amines is 1. The zero-order chi connectivity index (χ0) is 16.9. The molecule has 0 unspecified atom stereocenters. The van der Waals surface area contributed by atoms with E-state index in [1.807, 2.05) is 37.3 Å². The second kappa shape index (κ2) is 7.00. The fourth-order valence-corrected chi connectivity index (χ4v) is 2.54. The minimum Gasteiger partial charge on any atom is -0.506 e. The van der Waals surface area contributed by atoms with E-state index in [4.69, 9.17) is 4.84 Å². The molecule has 0 radical (unpaired) electrons. The third kappa shape index (κ3) is 3.15. The van der Waals surface area contributed by atoms with Crippen LogP contribution in [0.3, 0.4) is 0 Å². The monoisotopic (exact) mass is 322 g/mol. The van der Waals surface area contributed by atoms with Gasteiger partial charge < -0.3 is 14.9 Å². The number of hydrogen-bond acceptors (Lipinski definition) is 4. The highest BCUT2D eigenvalue weighted by molar-refractivity contribution is 6.06. The van der Waals surface area contributed by atoms with E-state index in [0.29, 0.717) is 29.6 Å². The topological polar surface area (TPSA) is 74.7 Å². The summed E-state index contributed by atoms with van der Waals surface area (Å²) in [5.41, 5.74) is 1.76. The van der Waals surface area contributed by atoms with Crippen molar-refractivity contribution in [1.82, 2.24) is 4.98 Å². The maximum Gasteiger partial charge on any atom is 0.261 e. The highest BCUT2D eigenvalue weighted by atomic mass is 16.6. The Hall–Kier alpha value is -3.08. The molecule has 24 heavy (non-hydrogen) atoms. The highest BCUT2D eigenvalue weighted by Gasteiger charge is 2.16. The van der Waals surface area contributed by atoms with Gasteiger partial charge in [-0.05, 0) is 24.1 Å². The van der Waals surface area contributed by atoms with Crippen LogP contribution >= 0.6 is 0 Å². The van der Waals surface area contributed by atoms with Crippen molar-refractivity contribution in [3.8, 4) is 5.75 Å². The molecule has 3 aromatic rings. The van der Waals surface area contributed by atoms with Crippen LogP contribution in [0.25, 0.3) is 10.9 Å². The van der Waals surface area contributed by atoms with Gasteiger partial charge in [0.2, 0.25) is 0 Å². The molecule has 0 aliphatic rings. The third-order valence-electron chi connectivity index (χ3n) is 3.77. The van der Waals surface area contributed by atoms with E-state index >= 15 is 0 Å². The standard InChI is InChI=1S/C19H18N2O3/c1-2-15(21-24-12-13-8-4-3-5-9-13)17-18(22)14-10-6-7-11-16(14)20-19(17)23/h3-11H,2,12H2,1H3,(H2,20,22,23)/b21-15+. The van der Waals surface area contributed by atoms with Crippen LogP contribution in [-0.2, 0) is 11.4 Å². The number of hydrogen-bond donors (Lipinski definition) is 2. The number of oxime groups is 1. The fourth-order valence-electron chi connectivity index (χ4n) is 2.54. The normalized spacial score (nSPS) is 11.6. The van der Waals surface area contributed by atoms with Gasteiger partial charge in [0, 0.05) is 5.39 Å². The summed E-state index contributed by atoms with van der Waals surface area (Å²) in [5.74, 6) is -0.0711. The third-order valence-corrected chi connectivity index (χ3v) is 3.77. The molecular weight excluding hydrogens is 304 g/mol. The molecule has 5 nitrogen and oxygen atoms in total. The van der Waals surface area contributed by atoms with Gasteiger partial charge in [-0.25, -0.2) is 0 Å². The van der Waals surface area contributed by atoms with Gasteiger partial charge in [0.05, 0.1) is 11.2 Å². The van der Waals surface area contributed by atoms with Gasteiger partial charge in [0.15, 0.2) is 0 Å². The lowest BCUT2D eigenvalue weighted by Gasteiger charge is -2.09. The second-order valence-corrected chi connectivity index (χ2v) is 5.37. The molecule has 0 saturated carbocycles. The number of aromatic hydroxyl groups is 1. The minimum absolute atomic E-state index is 0.0711. The molecule has 0 aliphatic carbocycles. The SMILES string of the molecule is CC/C(=N\OCc1ccccc1)c1c(O)c2ccccc2[nH]c1=O. The Morgan fingerprint density at radius 3 is 2.58 bits per heavy atom. The Bertz CT molecular complexity index is 930. The van der Waals surface area contributed by atoms with E-state index in [1.54, 1.807) is 24.3 Å². The van der Waals surface area contributed by atoms with E-state index in [9.17, 15) is 9.90 Å². The summed E-state index contributed by atoms with van der Waals surface area (Å²) in [6, 6.07) is 16.7. The quantitative estimate of drug-likeness (QED) is 0.557. The Labute approximate surface area is 139 Å². The van der Waals surface area contributed by atoms with Gasteiger partial charge in [-0.1, -0.05) is 54.5 Å². The first kappa shape index (κ1) is 15.8. The van der Waals surface area contributed by atoms with Crippen molar-refractivity contribution in [2.45, 2.75) is 20.0 Å². The van der Waals surface area contributed by atoms with E-state index in [1.165, 1.54) is 0 Å². The predicted octanol–water partition coefficient (Wildman–Crippen LogP) is 3.56. The van der Waals surface area contributed by atoms with Crippen LogP contribution in [0.2, 0.25) is 0 Å². The molecule has 2 aromatic carbocycles. The lowest BCUT2D eigenvalue weighted by atomic mass is 10.1. The van der Waals surface area contributed by atoms with Crippen molar-refractivity contribution in [3.05, 3.63) is 76.1 Å². The molecular formula is C19H18N2O3. The summed E-state index contributed by atoms with van der Waals surface area (Å²) in [4.78, 5) is 20.5. The van der Waals surface area contributed by atoms with Gasteiger partial charge >= 0.3 is 0 Å². The molecule has 0 atom stereocenters. The molecule has 0 spiro atoms. The number of aromatic nitrogens is 1. The van der Waals surface area contributed by atoms with Crippen molar-refractivity contribution in [2.75, 3.05) is 0 Å². The largest absolute Gasteiger partial charge is 0.506 e. The first-order valence-electron chi connectivity index (χ1n) is 7.77. The zero-order valence-electron chi connectivity index (χ0n) is 13.3. The fraction of sp³-hybridized carbons (Fsp3) is 0.158. The Kier molecular flexibility index (Phi) is 4.61. The van der Waals surface area contributed by atoms with Gasteiger partial charge in [0.1, 0.15) is 17.9 Å². The summed E-state index contributed by atoms with van der Waals surface area (Å²) in [6.45, 7) is 2.16. The van der Waals surface area contributed by atoms with Gasteiger partial charge in [-0.2, -0.15) is 0 Å². The molecule has 0 aliphatic heterocycles. The summed E-state index contributed by atoms with van der Waals surface area (Å²) in [6.07, 6.45) is 0.462. The van der Waals surface area contributed by atoms with Crippen LogP contribution in [-0.4, -0.2) is 15.8 Å². The van der Waals surface area contributed by atoms with Crippen LogP contribution in [0, 0.1) is 0 Å². The number of nitrogens with one attached hydrogen (secondary N) is 1. The average Bonchev–Trinajstić information content (AvgIpc) is 2.61. The molecule has 1 aromatic heterocycles. The summed E-state index contributed by atoms with van der Waals surface area (Å²) >= 11 is 0. The number of benzene rings is 2. The van der Waals surface area contributed by atoms with E-state index < -0.39 is 0 Å². The van der Waals surface area contributed by atoms with Crippen molar-refractivity contribution in [1.29, 1.82) is 0 Å². The lowest BCUT2D eigenvalue weighted by Crippen LogP contribution is -2.18. The van der Waals surface area contributed by atoms with Gasteiger partial charge in [-0.3, -0.25) is 4.79 Å². The molecule has 2 N–H and O–H groups in total. The molecule has 3 rings (SSSR count). The van der Waals surface area contributed by atoms with Crippen molar-refractivity contribution in [2.24, 2.45) is 5.16 Å². The van der Waals surface area contributed by atoms with Crippen LogP contribution in [0.4, 0.5) is 0 Å². The van der Waals surface area contributed by atoms with E-state index in [0.717, 1.165) is 5.56 Å². The zero-order valence-corrected chi connectivity index (χ0v) is 13.3. The molecule has 0 fully saturated rings. The van der Waals surface area contributed by atoms with Gasteiger partial charge in [0.25, 0.3) is 5.56 Å². The molecule has 5 heteroatoms. The van der Waals surface area contributed by atoms with Crippen molar-refractivity contribution in [3.63, 3.8) is 0 Å². The highest BCUT2D eigenvalue weighted by Crippen LogP contribution is 2.25.